The lowest BCUT2D eigenvalue weighted by Crippen LogP contribution is -2.30. The molecule has 0 aliphatic rings. The van der Waals surface area contributed by atoms with Crippen molar-refractivity contribution < 1.29 is 38.9 Å². The smallest absolute Gasteiger partial charge is 0.176 e. The van der Waals surface area contributed by atoms with E-state index in [4.69, 9.17) is 14.6 Å². The van der Waals surface area contributed by atoms with E-state index in [2.05, 4.69) is 129 Å². The molecular formula is C68H95BrN2O8. The topological polar surface area (TPSA) is 142 Å². The Bertz CT molecular complexity index is 2410. The molecule has 0 amide bonds. The number of nitrogens with zero attached hydrogens (tertiary/aromatic N) is 1. The third-order valence-electron chi connectivity index (χ3n) is 12.5. The number of hydrogen-bond acceptors (Lipinski definition) is 10. The summed E-state index contributed by atoms with van der Waals surface area (Å²) in [6, 6.07) is 50.7. The number of rotatable bonds is 35. The number of unbranched alkanes of at least 4 members (excludes halogenated alkanes) is 8. The van der Waals surface area contributed by atoms with E-state index in [1.807, 2.05) is 18.2 Å². The number of alkyl halides is 1. The molecule has 10 nitrogen and oxygen atoms in total. The Labute approximate surface area is 484 Å². The summed E-state index contributed by atoms with van der Waals surface area (Å²) in [4.78, 5) is 47.8. The van der Waals surface area contributed by atoms with Crippen LogP contribution in [0.3, 0.4) is 0 Å². The van der Waals surface area contributed by atoms with Crippen LogP contribution in [-0.2, 0) is 35.4 Å². The molecular weight excluding hydrogens is 1050 g/mol. The van der Waals surface area contributed by atoms with Gasteiger partial charge in [0.2, 0.25) is 0 Å². The Morgan fingerprint density at radius 1 is 0.468 bits per heavy atom. The van der Waals surface area contributed by atoms with E-state index in [-0.39, 0.29) is 75.8 Å². The molecule has 0 atom stereocenters. The number of ketones is 2. The summed E-state index contributed by atoms with van der Waals surface area (Å²) in [5.41, 5.74) is 6.47. The molecule has 0 saturated carbocycles. The highest BCUT2D eigenvalue weighted by Crippen LogP contribution is 2.19. The Kier molecular flexibility index (Phi) is 43.2. The minimum absolute atomic E-state index is 0. The molecule has 0 aliphatic heterocycles. The Hall–Kier alpha value is -6.08. The van der Waals surface area contributed by atoms with E-state index in [0.717, 1.165) is 103 Å². The first-order chi connectivity index (χ1) is 36.8. The first-order valence-electron chi connectivity index (χ1n) is 26.7. The van der Waals surface area contributed by atoms with E-state index >= 15 is 0 Å². The second-order valence-electron chi connectivity index (χ2n) is 18.6. The van der Waals surface area contributed by atoms with Gasteiger partial charge in [0.1, 0.15) is 11.5 Å². The Balaban J connectivity index is 0.00000125. The van der Waals surface area contributed by atoms with Crippen LogP contribution in [0, 0.1) is 0 Å². The maximum Gasteiger partial charge on any atom is 0.176 e. The predicted octanol–water partition coefficient (Wildman–Crippen LogP) is 16.2. The highest BCUT2D eigenvalue weighted by Gasteiger charge is 2.15. The van der Waals surface area contributed by atoms with Gasteiger partial charge in [0.15, 0.2) is 24.1 Å². The van der Waals surface area contributed by atoms with Crippen molar-refractivity contribution in [1.29, 1.82) is 0 Å². The fraction of sp³-hybridized carbons (Fsp3) is 0.412. The lowest BCUT2D eigenvalue weighted by Gasteiger charge is -2.22. The second-order valence-corrected chi connectivity index (χ2v) is 19.1. The molecule has 0 fully saturated rings. The van der Waals surface area contributed by atoms with Crippen molar-refractivity contribution in [2.24, 2.45) is 0 Å². The van der Waals surface area contributed by atoms with Crippen molar-refractivity contribution >= 4 is 40.1 Å². The molecule has 6 aromatic carbocycles. The van der Waals surface area contributed by atoms with E-state index in [1.165, 1.54) is 85.5 Å². The molecule has 0 saturated heterocycles. The lowest BCUT2D eigenvalue weighted by molar-refractivity contribution is 0.0922. The maximum atomic E-state index is 12.9. The van der Waals surface area contributed by atoms with Crippen LogP contribution in [0.15, 0.2) is 158 Å². The average Bonchev–Trinajstić information content (AvgIpc) is 3.45. The van der Waals surface area contributed by atoms with Gasteiger partial charge in [0.05, 0.1) is 23.0 Å². The average molecular weight is 1150 g/mol. The molecule has 0 radical (unpaired) electrons. The van der Waals surface area contributed by atoms with Gasteiger partial charge in [-0.15, -0.1) is 0 Å². The van der Waals surface area contributed by atoms with Crippen molar-refractivity contribution in [3.8, 4) is 11.5 Å². The molecule has 6 rings (SSSR count). The lowest BCUT2D eigenvalue weighted by atomic mass is 10.1. The van der Waals surface area contributed by atoms with Crippen molar-refractivity contribution in [1.82, 2.24) is 10.2 Å². The molecule has 11 heteroatoms. The minimum Gasteiger partial charge on any atom is -0.507 e. The zero-order valence-corrected chi connectivity index (χ0v) is 45.4. The summed E-state index contributed by atoms with van der Waals surface area (Å²) in [5, 5.41) is 22.6. The van der Waals surface area contributed by atoms with Crippen molar-refractivity contribution in [3.63, 3.8) is 0 Å². The van der Waals surface area contributed by atoms with E-state index < -0.39 is 0 Å². The number of aldehydes is 2. The van der Waals surface area contributed by atoms with Crippen molar-refractivity contribution in [2.45, 2.75) is 133 Å². The van der Waals surface area contributed by atoms with Crippen LogP contribution < -0.4 is 5.32 Å². The summed E-state index contributed by atoms with van der Waals surface area (Å²) < 4.78 is 11.6. The van der Waals surface area contributed by atoms with Crippen LogP contribution in [0.5, 0.6) is 11.5 Å². The molecule has 6 aromatic rings. The van der Waals surface area contributed by atoms with Gasteiger partial charge >= 0.3 is 0 Å². The number of nitrogens with one attached hydrogen (secondary N) is 1. The number of hydrogen-bond donors (Lipinski definition) is 3. The number of carbonyl (C=O) groups is 4. The largest absolute Gasteiger partial charge is 0.507 e. The SMILES string of the molecule is C.C.C.C.O=Cc1cc(C(=O)CBr)ccc1O.O=Cc1cc(C(=O)CN(CCCCCCOCCCCc2ccccc2)Cc2ccccc2)ccc1O.c1ccc(CCCCOCCCCCCNCc2ccccc2)cc1. The molecule has 3 N–H and O–H groups in total. The number of aromatic hydroxyl groups is 2. The summed E-state index contributed by atoms with van der Waals surface area (Å²) in [6.07, 6.45) is 17.3. The van der Waals surface area contributed by atoms with Crippen LogP contribution in [0.2, 0.25) is 0 Å². The summed E-state index contributed by atoms with van der Waals surface area (Å²) >= 11 is 3.02. The first kappa shape index (κ1) is 72.9. The van der Waals surface area contributed by atoms with Crippen LogP contribution in [0.25, 0.3) is 0 Å². The highest BCUT2D eigenvalue weighted by atomic mass is 79.9. The summed E-state index contributed by atoms with van der Waals surface area (Å²) in [6.45, 7) is 7.32. The fourth-order valence-corrected chi connectivity index (χ4v) is 8.48. The number of carbonyl (C=O) groups excluding carboxylic acids is 4. The summed E-state index contributed by atoms with van der Waals surface area (Å²) in [7, 11) is 0. The number of benzene rings is 6. The van der Waals surface area contributed by atoms with Gasteiger partial charge in [-0.05, 0) is 136 Å². The molecule has 0 heterocycles. The summed E-state index contributed by atoms with van der Waals surface area (Å²) in [5.74, 6) is -0.396. The van der Waals surface area contributed by atoms with E-state index in [1.54, 1.807) is 6.07 Å². The zero-order valence-electron chi connectivity index (χ0n) is 43.8. The molecule has 432 valence electrons. The number of Topliss-reactive ketones (excluding diaryl/α,β-unsaturated/α-hetero) is 2. The van der Waals surface area contributed by atoms with Gasteiger partial charge in [-0.1, -0.05) is 193 Å². The third kappa shape index (κ3) is 32.6. The normalized spacial score (nSPS) is 10.2. The van der Waals surface area contributed by atoms with Gasteiger partial charge in [-0.25, -0.2) is 0 Å². The van der Waals surface area contributed by atoms with Gasteiger partial charge in [-0.3, -0.25) is 24.1 Å². The molecule has 0 bridgehead atoms. The van der Waals surface area contributed by atoms with Crippen LogP contribution >= 0.6 is 15.9 Å². The number of phenolic OH excluding ortho intramolecular Hbond substituents is 2. The highest BCUT2D eigenvalue weighted by molar-refractivity contribution is 9.09. The molecule has 79 heavy (non-hydrogen) atoms. The minimum atomic E-state index is -0.122. The number of halogens is 1. The van der Waals surface area contributed by atoms with E-state index in [9.17, 15) is 24.3 Å². The zero-order chi connectivity index (χ0) is 53.4. The maximum absolute atomic E-state index is 12.9. The quantitative estimate of drug-likeness (QED) is 0.0152. The van der Waals surface area contributed by atoms with Crippen LogP contribution in [-0.4, -0.2) is 90.6 Å². The van der Waals surface area contributed by atoms with Gasteiger partial charge in [0.25, 0.3) is 0 Å². The molecule has 0 spiro atoms. The van der Waals surface area contributed by atoms with Gasteiger partial charge in [-0.2, -0.15) is 0 Å². The van der Waals surface area contributed by atoms with Crippen LogP contribution in [0.4, 0.5) is 0 Å². The monoisotopic (exact) mass is 1150 g/mol. The van der Waals surface area contributed by atoms with Gasteiger partial charge < -0.3 is 25.0 Å². The van der Waals surface area contributed by atoms with Gasteiger partial charge in [0, 0.05) is 50.6 Å². The third-order valence-corrected chi connectivity index (χ3v) is 13.0. The first-order valence-corrected chi connectivity index (χ1v) is 27.8. The number of aryl methyl sites for hydroxylation is 2. The molecule has 0 unspecified atom stereocenters. The fourth-order valence-electron chi connectivity index (χ4n) is 8.16. The molecule has 0 aromatic heterocycles. The Morgan fingerprint density at radius 3 is 1.30 bits per heavy atom. The Morgan fingerprint density at radius 2 is 0.861 bits per heavy atom. The van der Waals surface area contributed by atoms with E-state index in [0.29, 0.717) is 30.2 Å². The van der Waals surface area contributed by atoms with Crippen molar-refractivity contribution in [2.75, 3.05) is 51.4 Å². The second kappa shape index (κ2) is 46.8. The molecule has 0 aliphatic carbocycles. The standard InChI is InChI=1S/C32H39NO4.C23H33NO.C9H7BrO3.4CH4/c34-26-30-23-29(18-19-31(30)35)32(36)25-33(24-28-16-7-4-8-17-28)20-10-1-2-11-21-37-22-12-9-15-27-13-5-3-6-14-27;1(10-18-24-21-23-16-7-4-8-17-23)2-11-19-25-20-12-9-15-22-13-5-3-6-14-22;10-4-9(13)6-1-2-8(12)7(3-6)5-11;;;;/h3-8,13-14,16-19,23,26,35H,1-2,9-12,15,20-22,24-25H2;3-8,13-14,16-17,24H,1-2,9-12,15,18-21H2;1-3,5,12H,4H2;4*1H4. The van der Waals surface area contributed by atoms with Crippen molar-refractivity contribution in [3.05, 3.63) is 202 Å². The number of ether oxygens (including phenoxy) is 2. The van der Waals surface area contributed by atoms with Crippen LogP contribution in [0.1, 0.15) is 170 Å². The number of phenols is 2. The predicted molar refractivity (Wildman–Crippen MR) is 334 cm³/mol.